The Morgan fingerprint density at radius 1 is 0.553 bits per heavy atom. The van der Waals surface area contributed by atoms with Crippen LogP contribution in [0.1, 0.15) is 49.9 Å². The van der Waals surface area contributed by atoms with Gasteiger partial charge in [-0.3, -0.25) is 0 Å². The summed E-state index contributed by atoms with van der Waals surface area (Å²) in [6.07, 6.45) is 11.0. The first kappa shape index (κ1) is 30.7. The molecule has 4 rings (SSSR count). The minimum Gasteiger partial charge on any atom is -0.824 e. The molecule has 2 unspecified atom stereocenters. The molecule has 4 aromatic rings. The van der Waals surface area contributed by atoms with Crippen LogP contribution in [0.15, 0.2) is 110 Å². The number of benzene rings is 2. The molecule has 0 amide bonds. The zero-order valence-corrected chi connectivity index (χ0v) is 21.3. The summed E-state index contributed by atoms with van der Waals surface area (Å²) in [6, 6.07) is 31.1. The number of hydrogen-bond donors (Lipinski definition) is 0. The minimum atomic E-state index is -3.42. The van der Waals surface area contributed by atoms with Crippen LogP contribution >= 0.6 is 0 Å². The third-order valence-corrected chi connectivity index (χ3v) is 5.90. The van der Waals surface area contributed by atoms with E-state index in [1.807, 2.05) is 0 Å². The summed E-state index contributed by atoms with van der Waals surface area (Å²) in [7, 11) is -6.83. The molecule has 0 spiro atoms. The average molecular weight is 524 g/mol. The van der Waals surface area contributed by atoms with Crippen molar-refractivity contribution in [3.8, 4) is 11.1 Å². The van der Waals surface area contributed by atoms with Gasteiger partial charge in [-0.2, -0.15) is 9.13 Å². The quantitative estimate of drug-likeness (QED) is 0.204. The number of rotatable bonds is 7. The van der Waals surface area contributed by atoms with E-state index < -0.39 is 14.9 Å². The van der Waals surface area contributed by atoms with Crippen molar-refractivity contribution in [1.82, 2.24) is 0 Å². The van der Waals surface area contributed by atoms with E-state index in [1.165, 1.54) is 22.3 Å². The lowest BCUT2D eigenvalue weighted by molar-refractivity contribution is -0.714. The van der Waals surface area contributed by atoms with Crippen molar-refractivity contribution in [2.45, 2.75) is 38.8 Å². The maximum atomic E-state index is 9.78. The highest BCUT2D eigenvalue weighted by molar-refractivity contribution is 6.30. The lowest BCUT2D eigenvalue weighted by Crippen LogP contribution is -2.39. The molecule has 2 aromatic carbocycles. The van der Waals surface area contributed by atoms with Gasteiger partial charge in [0, 0.05) is 48.2 Å². The maximum absolute atomic E-state index is 9.78. The van der Waals surface area contributed by atoms with Crippen LogP contribution in [0.4, 0.5) is 17.3 Å². The first-order valence-electron chi connectivity index (χ1n) is 12.3. The van der Waals surface area contributed by atoms with Gasteiger partial charge in [0.2, 0.25) is 0 Å². The van der Waals surface area contributed by atoms with Gasteiger partial charge in [0.15, 0.2) is 36.9 Å². The van der Waals surface area contributed by atoms with Crippen molar-refractivity contribution in [3.63, 3.8) is 0 Å². The fraction of sp³-hybridized carbons (Fsp3) is 0.214. The number of halogens is 4. The zero-order chi connectivity index (χ0) is 27.9. The number of aromatic nitrogens is 2. The van der Waals surface area contributed by atoms with Crippen LogP contribution in [-0.2, 0) is 0 Å². The molecule has 10 heteroatoms. The second-order valence-corrected chi connectivity index (χ2v) is 8.26. The van der Waals surface area contributed by atoms with E-state index in [1.54, 1.807) is 0 Å². The van der Waals surface area contributed by atoms with E-state index in [2.05, 4.69) is 133 Å². The number of hydrogen-bond acceptors (Lipinski definition) is 2. The fourth-order valence-corrected chi connectivity index (χ4v) is 4.26. The molecule has 0 bridgehead atoms. The van der Waals surface area contributed by atoms with E-state index in [-0.39, 0.29) is 0 Å². The van der Waals surface area contributed by atoms with Gasteiger partial charge in [-0.1, -0.05) is 74.5 Å². The Labute approximate surface area is 222 Å². The molecule has 0 saturated carbocycles. The first-order valence-corrected chi connectivity index (χ1v) is 12.3. The van der Waals surface area contributed by atoms with Crippen molar-refractivity contribution in [3.05, 3.63) is 121 Å². The molecule has 0 N–H and O–H groups in total. The molecule has 2 aromatic heterocycles. The van der Waals surface area contributed by atoms with Crippen molar-refractivity contribution in [1.29, 1.82) is 0 Å². The van der Waals surface area contributed by atoms with Crippen molar-refractivity contribution in [2.75, 3.05) is 0 Å². The average Bonchev–Trinajstić information content (AvgIpc) is 2.91. The van der Waals surface area contributed by atoms with E-state index >= 15 is 0 Å². The molecule has 4 nitrogen and oxygen atoms in total. The third-order valence-electron chi connectivity index (χ3n) is 5.90. The van der Waals surface area contributed by atoms with E-state index in [9.17, 15) is 17.3 Å². The molecule has 0 aliphatic rings. The Morgan fingerprint density at radius 2 is 0.816 bits per heavy atom. The lowest BCUT2D eigenvalue weighted by Gasteiger charge is -2.12. The van der Waals surface area contributed by atoms with Crippen LogP contribution in [0.25, 0.3) is 11.1 Å². The van der Waals surface area contributed by atoms with E-state index in [0.717, 1.165) is 12.8 Å². The van der Waals surface area contributed by atoms with Crippen LogP contribution in [0.3, 0.4) is 0 Å². The summed E-state index contributed by atoms with van der Waals surface area (Å²) in [5, 5.41) is 16.4. The molecule has 0 aliphatic carbocycles. The SMILES string of the molecule is CCC(c1ccccc1)[n+]1ccc(-c2cc[n+](C(CC)c3ccccc3)cc2)cc1.[O-]B(F)F.[O-]B(F)F. The molecule has 0 aliphatic heterocycles. The fourth-order valence-electron chi connectivity index (χ4n) is 4.26. The van der Waals surface area contributed by atoms with Gasteiger partial charge >= 0.3 is 14.9 Å². The Balaban J connectivity index is 0.000000559. The molecular formula is C28H30B2F4N2O2. The Bertz CT molecular complexity index is 1070. The molecular weight excluding hydrogens is 494 g/mol. The smallest absolute Gasteiger partial charge is 0.447 e. The molecule has 38 heavy (non-hydrogen) atoms. The summed E-state index contributed by atoms with van der Waals surface area (Å²) in [4.78, 5) is 0. The van der Waals surface area contributed by atoms with Crippen molar-refractivity contribution in [2.24, 2.45) is 0 Å². The Kier molecular flexibility index (Phi) is 13.2. The summed E-state index contributed by atoms with van der Waals surface area (Å²) in [5.74, 6) is 0. The highest BCUT2D eigenvalue weighted by Gasteiger charge is 2.20. The Morgan fingerprint density at radius 3 is 1.05 bits per heavy atom. The largest absolute Gasteiger partial charge is 0.824 e. The molecule has 0 fully saturated rings. The number of pyridine rings is 2. The highest BCUT2D eigenvalue weighted by Crippen LogP contribution is 2.21. The van der Waals surface area contributed by atoms with Crippen molar-refractivity contribution < 1.29 is 36.4 Å². The van der Waals surface area contributed by atoms with Gasteiger partial charge in [0.05, 0.1) is 0 Å². The molecule has 2 atom stereocenters. The predicted molar refractivity (Wildman–Crippen MR) is 138 cm³/mol. The van der Waals surface area contributed by atoms with E-state index in [0.29, 0.717) is 12.1 Å². The van der Waals surface area contributed by atoms with Crippen LogP contribution in [-0.4, -0.2) is 14.9 Å². The second kappa shape index (κ2) is 16.4. The van der Waals surface area contributed by atoms with Crippen LogP contribution in [0.2, 0.25) is 0 Å². The summed E-state index contributed by atoms with van der Waals surface area (Å²) < 4.78 is 43.7. The summed E-state index contributed by atoms with van der Waals surface area (Å²) >= 11 is 0. The van der Waals surface area contributed by atoms with Gasteiger partial charge in [-0.05, 0) is 11.1 Å². The summed E-state index contributed by atoms with van der Waals surface area (Å²) in [5.41, 5.74) is 5.19. The standard InChI is InChI=1S/C28H30N2.2BF2O/c1-3-27(25-11-7-5-8-12-25)29-19-15-23(16-20-29)24-17-21-30(22-18-24)28(4-2)26-13-9-6-10-14-26;2*2-1(3)4/h5-22,27-28H,3-4H2,1-2H3;;/q+2;2*-1. The lowest BCUT2D eigenvalue weighted by atomic mass is 10.0. The van der Waals surface area contributed by atoms with Gasteiger partial charge in [0.1, 0.15) is 0 Å². The predicted octanol–water partition coefficient (Wildman–Crippen LogP) is 4.47. The van der Waals surface area contributed by atoms with Gasteiger partial charge in [-0.15, -0.1) is 0 Å². The second-order valence-electron chi connectivity index (χ2n) is 8.26. The normalized spacial score (nSPS) is 11.7. The molecule has 198 valence electrons. The minimum absolute atomic E-state index is 0.370. The van der Waals surface area contributed by atoms with Crippen LogP contribution < -0.4 is 19.2 Å². The summed E-state index contributed by atoms with van der Waals surface area (Å²) in [6.45, 7) is 4.48. The first-order chi connectivity index (χ1) is 18.3. The molecule has 0 radical (unpaired) electrons. The number of nitrogens with zero attached hydrogens (tertiary/aromatic N) is 2. The topological polar surface area (TPSA) is 53.9 Å². The molecule has 2 heterocycles. The van der Waals surface area contributed by atoms with Crippen LogP contribution in [0, 0.1) is 0 Å². The van der Waals surface area contributed by atoms with Gasteiger partial charge in [0.25, 0.3) is 0 Å². The molecule has 0 saturated heterocycles. The highest BCUT2D eigenvalue weighted by atomic mass is 19.2. The van der Waals surface area contributed by atoms with Gasteiger partial charge < -0.3 is 27.3 Å². The zero-order valence-electron chi connectivity index (χ0n) is 21.3. The van der Waals surface area contributed by atoms with Gasteiger partial charge in [-0.25, -0.2) is 0 Å². The van der Waals surface area contributed by atoms with Crippen molar-refractivity contribution >= 4 is 14.9 Å². The van der Waals surface area contributed by atoms with Crippen LogP contribution in [0.5, 0.6) is 0 Å². The Hall–Kier alpha value is -3.49. The van der Waals surface area contributed by atoms with E-state index in [4.69, 9.17) is 10.0 Å². The monoisotopic (exact) mass is 524 g/mol. The maximum Gasteiger partial charge on any atom is 0.447 e. The third kappa shape index (κ3) is 10.1.